The molecule has 0 aliphatic carbocycles. The molecule has 0 spiro atoms. The first-order valence-corrected chi connectivity index (χ1v) is 11.6. The molecule has 0 N–H and O–H groups in total. The van der Waals surface area contributed by atoms with Crippen molar-refractivity contribution >= 4 is 33.0 Å². The van der Waals surface area contributed by atoms with Gasteiger partial charge in [-0.1, -0.05) is 23.7 Å². The molecule has 0 radical (unpaired) electrons. The minimum absolute atomic E-state index is 0.149. The molecule has 0 unspecified atom stereocenters. The number of thiazole rings is 1. The normalized spacial score (nSPS) is 14.6. The third-order valence-corrected chi connectivity index (χ3v) is 8.04. The Bertz CT molecular complexity index is 1090. The monoisotopic (exact) mass is 434 g/mol. The number of rotatable bonds is 5. The standard InChI is InChI=1S/C20H19ClN2O3S2/c1-2-26-15-9-7-14(8-10-15)20-22-17-11-12-23(13-18(17)27-20)28(24,25)19-6-4-3-5-16(19)21/h3-10H,2,11-13H2,1H3. The Morgan fingerprint density at radius 1 is 1.18 bits per heavy atom. The first-order chi connectivity index (χ1) is 13.5. The zero-order valence-corrected chi connectivity index (χ0v) is 17.6. The summed E-state index contributed by atoms with van der Waals surface area (Å²) >= 11 is 7.66. The summed E-state index contributed by atoms with van der Waals surface area (Å²) in [5.41, 5.74) is 1.97. The second-order valence-electron chi connectivity index (χ2n) is 6.37. The van der Waals surface area contributed by atoms with E-state index < -0.39 is 10.0 Å². The number of fused-ring (bicyclic) bond motifs is 1. The summed E-state index contributed by atoms with van der Waals surface area (Å²) in [6, 6.07) is 14.4. The molecule has 0 amide bonds. The van der Waals surface area contributed by atoms with Gasteiger partial charge in [-0.3, -0.25) is 0 Å². The van der Waals surface area contributed by atoms with E-state index in [1.807, 2.05) is 31.2 Å². The molecule has 4 rings (SSSR count). The van der Waals surface area contributed by atoms with Crippen molar-refractivity contribution in [1.82, 2.24) is 9.29 Å². The van der Waals surface area contributed by atoms with Crippen molar-refractivity contribution in [2.75, 3.05) is 13.2 Å². The molecule has 3 aromatic rings. The molecule has 0 fully saturated rings. The first kappa shape index (κ1) is 19.4. The van der Waals surface area contributed by atoms with Gasteiger partial charge in [0.05, 0.1) is 23.9 Å². The van der Waals surface area contributed by atoms with Crippen LogP contribution in [0.25, 0.3) is 10.6 Å². The molecule has 8 heteroatoms. The molecule has 1 aromatic heterocycles. The van der Waals surface area contributed by atoms with Gasteiger partial charge in [0.15, 0.2) is 0 Å². The summed E-state index contributed by atoms with van der Waals surface area (Å²) in [6.45, 7) is 3.29. The smallest absolute Gasteiger partial charge is 0.244 e. The van der Waals surface area contributed by atoms with E-state index in [9.17, 15) is 8.42 Å². The van der Waals surface area contributed by atoms with Gasteiger partial charge in [-0.2, -0.15) is 4.31 Å². The topological polar surface area (TPSA) is 59.5 Å². The molecule has 0 bridgehead atoms. The number of hydrogen-bond acceptors (Lipinski definition) is 5. The van der Waals surface area contributed by atoms with E-state index in [4.69, 9.17) is 21.3 Å². The number of sulfonamides is 1. The number of ether oxygens (including phenoxy) is 1. The molecule has 146 valence electrons. The van der Waals surface area contributed by atoms with Crippen LogP contribution in [0.4, 0.5) is 0 Å². The maximum absolute atomic E-state index is 13.0. The lowest BCUT2D eigenvalue weighted by atomic mass is 10.2. The fraction of sp³-hybridized carbons (Fsp3) is 0.250. The van der Waals surface area contributed by atoms with E-state index >= 15 is 0 Å². The molecule has 2 heterocycles. The highest BCUT2D eigenvalue weighted by molar-refractivity contribution is 7.89. The van der Waals surface area contributed by atoms with Crippen LogP contribution in [0.15, 0.2) is 53.4 Å². The van der Waals surface area contributed by atoms with Crippen molar-refractivity contribution in [1.29, 1.82) is 0 Å². The molecule has 0 saturated carbocycles. The molecule has 2 aromatic carbocycles. The lowest BCUT2D eigenvalue weighted by molar-refractivity contribution is 0.340. The zero-order chi connectivity index (χ0) is 19.7. The van der Waals surface area contributed by atoms with Gasteiger partial charge in [-0.15, -0.1) is 11.3 Å². The minimum Gasteiger partial charge on any atom is -0.494 e. The summed E-state index contributed by atoms with van der Waals surface area (Å²) in [5.74, 6) is 0.824. The van der Waals surface area contributed by atoms with E-state index in [2.05, 4.69) is 0 Å². The van der Waals surface area contributed by atoms with Crippen molar-refractivity contribution in [2.24, 2.45) is 0 Å². The van der Waals surface area contributed by atoms with E-state index in [0.717, 1.165) is 26.9 Å². The number of halogens is 1. The molecule has 1 aliphatic rings. The second-order valence-corrected chi connectivity index (χ2v) is 9.76. The highest BCUT2D eigenvalue weighted by Gasteiger charge is 2.31. The summed E-state index contributed by atoms with van der Waals surface area (Å²) < 4.78 is 33.0. The summed E-state index contributed by atoms with van der Waals surface area (Å²) in [4.78, 5) is 5.86. The van der Waals surface area contributed by atoms with Gasteiger partial charge in [0.2, 0.25) is 10.0 Å². The lowest BCUT2D eigenvalue weighted by Crippen LogP contribution is -2.35. The van der Waals surface area contributed by atoms with Crippen LogP contribution in [0, 0.1) is 0 Å². The van der Waals surface area contributed by atoms with Gasteiger partial charge >= 0.3 is 0 Å². The molecule has 1 aliphatic heterocycles. The van der Waals surface area contributed by atoms with Crippen LogP contribution >= 0.6 is 22.9 Å². The summed E-state index contributed by atoms with van der Waals surface area (Å²) in [7, 11) is -3.64. The predicted molar refractivity (Wildman–Crippen MR) is 111 cm³/mol. The molecular weight excluding hydrogens is 416 g/mol. The second kappa shape index (κ2) is 7.83. The van der Waals surface area contributed by atoms with Gasteiger partial charge < -0.3 is 4.74 Å². The molecule has 5 nitrogen and oxygen atoms in total. The number of hydrogen-bond donors (Lipinski definition) is 0. The Kier molecular flexibility index (Phi) is 5.42. The van der Waals surface area contributed by atoms with Crippen molar-refractivity contribution < 1.29 is 13.2 Å². The van der Waals surface area contributed by atoms with Crippen LogP contribution in [-0.4, -0.2) is 30.9 Å². The van der Waals surface area contributed by atoms with Gasteiger partial charge in [0, 0.05) is 23.4 Å². The first-order valence-electron chi connectivity index (χ1n) is 8.95. The quantitative estimate of drug-likeness (QED) is 0.588. The Balaban J connectivity index is 1.59. The largest absolute Gasteiger partial charge is 0.494 e. The molecule has 0 atom stereocenters. The van der Waals surface area contributed by atoms with Crippen molar-refractivity contribution in [3.63, 3.8) is 0 Å². The average Bonchev–Trinajstić information content (AvgIpc) is 3.12. The maximum Gasteiger partial charge on any atom is 0.244 e. The fourth-order valence-corrected chi connectivity index (χ4v) is 6.27. The number of benzene rings is 2. The van der Waals surface area contributed by atoms with E-state index in [1.165, 1.54) is 15.6 Å². The Labute approximate surface area is 173 Å². The third kappa shape index (κ3) is 3.67. The Morgan fingerprint density at radius 2 is 1.93 bits per heavy atom. The number of nitrogens with zero attached hydrogens (tertiary/aromatic N) is 2. The minimum atomic E-state index is -3.64. The van der Waals surface area contributed by atoms with Crippen molar-refractivity contribution in [3.8, 4) is 16.3 Å². The SMILES string of the molecule is CCOc1ccc(-c2nc3c(s2)CN(S(=O)(=O)c2ccccc2Cl)CC3)cc1. The maximum atomic E-state index is 13.0. The molecule has 0 saturated heterocycles. The van der Waals surface area contributed by atoms with Crippen molar-refractivity contribution in [3.05, 3.63) is 64.1 Å². The fourth-order valence-electron chi connectivity index (χ4n) is 3.15. The average molecular weight is 435 g/mol. The predicted octanol–water partition coefficient (Wildman–Crippen LogP) is 4.61. The van der Waals surface area contributed by atoms with Crippen LogP contribution in [0.2, 0.25) is 5.02 Å². The van der Waals surface area contributed by atoms with Crippen LogP contribution in [0.5, 0.6) is 5.75 Å². The summed E-state index contributed by atoms with van der Waals surface area (Å²) in [6.07, 6.45) is 0.590. The van der Waals surface area contributed by atoms with E-state index in [-0.39, 0.29) is 9.92 Å². The Morgan fingerprint density at radius 3 is 2.64 bits per heavy atom. The third-order valence-electron chi connectivity index (χ3n) is 4.56. The van der Waals surface area contributed by atoms with Gasteiger partial charge in [-0.05, 0) is 43.3 Å². The number of aromatic nitrogens is 1. The summed E-state index contributed by atoms with van der Waals surface area (Å²) in [5, 5.41) is 1.14. The van der Waals surface area contributed by atoms with Crippen LogP contribution in [0.1, 0.15) is 17.5 Å². The highest BCUT2D eigenvalue weighted by Crippen LogP contribution is 2.35. The van der Waals surface area contributed by atoms with Crippen LogP contribution in [0.3, 0.4) is 0 Å². The van der Waals surface area contributed by atoms with Crippen molar-refractivity contribution in [2.45, 2.75) is 24.8 Å². The molecule has 28 heavy (non-hydrogen) atoms. The van der Waals surface area contributed by atoms with Gasteiger partial charge in [0.1, 0.15) is 15.7 Å². The Hall–Kier alpha value is -1.93. The van der Waals surface area contributed by atoms with Gasteiger partial charge in [-0.25, -0.2) is 13.4 Å². The van der Waals surface area contributed by atoms with E-state index in [1.54, 1.807) is 24.3 Å². The van der Waals surface area contributed by atoms with Crippen LogP contribution in [-0.2, 0) is 23.0 Å². The van der Waals surface area contributed by atoms with Gasteiger partial charge in [0.25, 0.3) is 0 Å². The molecular formula is C20H19ClN2O3S2. The highest BCUT2D eigenvalue weighted by atomic mass is 35.5. The zero-order valence-electron chi connectivity index (χ0n) is 15.3. The van der Waals surface area contributed by atoms with Crippen LogP contribution < -0.4 is 4.74 Å². The lowest BCUT2D eigenvalue weighted by Gasteiger charge is -2.25. The van der Waals surface area contributed by atoms with E-state index in [0.29, 0.717) is 26.1 Å².